The van der Waals surface area contributed by atoms with Crippen LogP contribution in [0.5, 0.6) is 5.75 Å². The number of aryl methyl sites for hydroxylation is 1. The van der Waals surface area contributed by atoms with Crippen molar-refractivity contribution in [2.24, 2.45) is 5.41 Å². The van der Waals surface area contributed by atoms with E-state index in [-0.39, 0.29) is 11.3 Å². The van der Waals surface area contributed by atoms with E-state index in [9.17, 15) is 14.4 Å². The Kier molecular flexibility index (Phi) is 6.90. The average molecular weight is 505 g/mol. The minimum Gasteiger partial charge on any atom is -0.423 e. The van der Waals surface area contributed by atoms with Gasteiger partial charge in [-0.3, -0.25) is 9.59 Å². The normalized spacial score (nSPS) is 12.2. The van der Waals surface area contributed by atoms with Gasteiger partial charge in [0.1, 0.15) is 11.3 Å². The molecular formula is C27H25ClN4O4. The summed E-state index contributed by atoms with van der Waals surface area (Å²) in [6.45, 7) is 7.05. The van der Waals surface area contributed by atoms with Crippen LogP contribution in [0.2, 0.25) is 5.02 Å². The summed E-state index contributed by atoms with van der Waals surface area (Å²) < 4.78 is 6.66. The van der Waals surface area contributed by atoms with E-state index in [2.05, 4.69) is 15.6 Å². The van der Waals surface area contributed by atoms with Gasteiger partial charge in [-0.2, -0.15) is 0 Å². The maximum Gasteiger partial charge on any atom is 0.343 e. The first-order chi connectivity index (χ1) is 17.0. The Morgan fingerprint density at radius 1 is 1.00 bits per heavy atom. The minimum atomic E-state index is -1.31. The van der Waals surface area contributed by atoms with Gasteiger partial charge in [0.15, 0.2) is 11.8 Å². The topological polar surface area (TPSA) is 103 Å². The molecule has 3 aromatic carbocycles. The number of nitrogens with one attached hydrogen (secondary N) is 1. The third-order valence-electron chi connectivity index (χ3n) is 5.52. The van der Waals surface area contributed by atoms with Crippen molar-refractivity contribution in [3.63, 3.8) is 0 Å². The molecule has 1 unspecified atom stereocenters. The maximum atomic E-state index is 13.4. The number of Topliss-reactive ketones (excluding diaryl/α,β-unsaturated/α-hetero) is 1. The molecule has 4 aromatic rings. The number of hydrogen-bond donors (Lipinski definition) is 1. The summed E-state index contributed by atoms with van der Waals surface area (Å²) >= 11 is 6.26. The first-order valence-corrected chi connectivity index (χ1v) is 11.7. The molecule has 8 nitrogen and oxygen atoms in total. The average Bonchev–Trinajstić information content (AvgIpc) is 3.24. The molecule has 0 saturated carbocycles. The number of carbonyl (C=O) groups excluding carboxylic acids is 3. The predicted octanol–water partition coefficient (Wildman–Crippen LogP) is 5.41. The fraction of sp³-hybridized carbons (Fsp3) is 0.222. The van der Waals surface area contributed by atoms with Gasteiger partial charge in [-0.25, -0.2) is 9.48 Å². The highest BCUT2D eigenvalue weighted by atomic mass is 35.5. The zero-order valence-electron chi connectivity index (χ0n) is 20.3. The number of hydrogen-bond acceptors (Lipinski definition) is 6. The lowest BCUT2D eigenvalue weighted by Gasteiger charge is -2.24. The number of anilines is 1. The van der Waals surface area contributed by atoms with Crippen LogP contribution < -0.4 is 10.1 Å². The molecule has 0 aliphatic heterocycles. The first-order valence-electron chi connectivity index (χ1n) is 11.3. The molecule has 0 aliphatic carbocycles. The van der Waals surface area contributed by atoms with E-state index in [1.54, 1.807) is 69.3 Å². The lowest BCUT2D eigenvalue weighted by atomic mass is 9.86. The van der Waals surface area contributed by atoms with Crippen LogP contribution in [-0.2, 0) is 9.59 Å². The summed E-state index contributed by atoms with van der Waals surface area (Å²) in [7, 11) is 0. The van der Waals surface area contributed by atoms with Crippen molar-refractivity contribution in [3.8, 4) is 5.75 Å². The smallest absolute Gasteiger partial charge is 0.343 e. The Bertz CT molecular complexity index is 1460. The molecule has 4 rings (SSSR count). The number of ketones is 1. The summed E-state index contributed by atoms with van der Waals surface area (Å²) in [5.41, 5.74) is 1.45. The van der Waals surface area contributed by atoms with Gasteiger partial charge < -0.3 is 10.1 Å². The van der Waals surface area contributed by atoms with Crippen LogP contribution in [0.3, 0.4) is 0 Å². The van der Waals surface area contributed by atoms with Crippen LogP contribution in [0.4, 0.5) is 5.69 Å². The third-order valence-corrected chi connectivity index (χ3v) is 5.85. The van der Waals surface area contributed by atoms with Crippen LogP contribution in [0.1, 0.15) is 42.7 Å². The Morgan fingerprint density at radius 2 is 1.72 bits per heavy atom. The summed E-state index contributed by atoms with van der Waals surface area (Å²) in [5.74, 6) is -1.11. The van der Waals surface area contributed by atoms with Gasteiger partial charge in [0, 0.05) is 5.41 Å². The number of halogens is 1. The number of para-hydroxylation sites is 1. The third kappa shape index (κ3) is 5.28. The number of aromatic nitrogens is 3. The van der Waals surface area contributed by atoms with Crippen LogP contribution in [0.15, 0.2) is 66.7 Å². The Morgan fingerprint density at radius 3 is 2.42 bits per heavy atom. The maximum absolute atomic E-state index is 13.4. The molecule has 0 radical (unpaired) electrons. The standard InChI is InChI=1S/C27H25ClN4O4/c1-16-10-12-19(28)20(14-16)29-25(34)23(24(33)27(2,3)4)32-22-13-11-17(15-21(22)30-31-32)26(35)36-18-8-6-5-7-9-18/h5-15,23H,1-4H3,(H,29,34). The highest BCUT2D eigenvalue weighted by Crippen LogP contribution is 2.29. The van der Waals surface area contributed by atoms with E-state index in [0.717, 1.165) is 5.56 Å². The summed E-state index contributed by atoms with van der Waals surface area (Å²) in [6, 6.07) is 17.2. The molecule has 1 aromatic heterocycles. The minimum absolute atomic E-state index is 0.257. The van der Waals surface area contributed by atoms with Gasteiger partial charge in [-0.1, -0.05) is 61.9 Å². The van der Waals surface area contributed by atoms with Crippen molar-refractivity contribution < 1.29 is 19.1 Å². The van der Waals surface area contributed by atoms with E-state index < -0.39 is 23.3 Å². The number of nitrogens with zero attached hydrogens (tertiary/aromatic N) is 3. The number of rotatable bonds is 6. The second-order valence-electron chi connectivity index (χ2n) is 9.43. The lowest BCUT2D eigenvalue weighted by molar-refractivity contribution is -0.135. The highest BCUT2D eigenvalue weighted by molar-refractivity contribution is 6.34. The molecule has 1 atom stereocenters. The van der Waals surface area contributed by atoms with Gasteiger partial charge in [0.25, 0.3) is 5.91 Å². The van der Waals surface area contributed by atoms with Crippen LogP contribution in [0.25, 0.3) is 11.0 Å². The Balaban J connectivity index is 1.69. The van der Waals surface area contributed by atoms with Crippen molar-refractivity contribution in [2.45, 2.75) is 33.7 Å². The molecule has 0 fully saturated rings. The largest absolute Gasteiger partial charge is 0.423 e. The van der Waals surface area contributed by atoms with Gasteiger partial charge in [0.05, 0.1) is 21.8 Å². The molecule has 1 amide bonds. The fourth-order valence-electron chi connectivity index (χ4n) is 3.60. The molecule has 1 N–H and O–H groups in total. The zero-order chi connectivity index (χ0) is 26.0. The van der Waals surface area contributed by atoms with E-state index in [1.807, 2.05) is 19.1 Å². The molecule has 36 heavy (non-hydrogen) atoms. The van der Waals surface area contributed by atoms with E-state index in [0.29, 0.717) is 27.5 Å². The lowest BCUT2D eigenvalue weighted by Crippen LogP contribution is -2.39. The molecule has 0 saturated heterocycles. The number of carbonyl (C=O) groups is 3. The first kappa shape index (κ1) is 25.1. The van der Waals surface area contributed by atoms with Crippen molar-refractivity contribution in [2.75, 3.05) is 5.32 Å². The van der Waals surface area contributed by atoms with Crippen molar-refractivity contribution in [1.29, 1.82) is 0 Å². The molecular weight excluding hydrogens is 480 g/mol. The number of esters is 1. The predicted molar refractivity (Wildman–Crippen MR) is 137 cm³/mol. The number of fused-ring (bicyclic) bond motifs is 1. The summed E-state index contributed by atoms with van der Waals surface area (Å²) in [6.07, 6.45) is 0. The van der Waals surface area contributed by atoms with Crippen molar-refractivity contribution >= 4 is 46.0 Å². The number of amides is 1. The zero-order valence-corrected chi connectivity index (χ0v) is 21.0. The summed E-state index contributed by atoms with van der Waals surface area (Å²) in [5, 5.41) is 11.3. The highest BCUT2D eigenvalue weighted by Gasteiger charge is 2.38. The monoisotopic (exact) mass is 504 g/mol. The summed E-state index contributed by atoms with van der Waals surface area (Å²) in [4.78, 5) is 39.4. The van der Waals surface area contributed by atoms with E-state index >= 15 is 0 Å². The second-order valence-corrected chi connectivity index (χ2v) is 9.84. The number of benzene rings is 3. The van der Waals surface area contributed by atoms with Gasteiger partial charge >= 0.3 is 5.97 Å². The second kappa shape index (κ2) is 9.91. The van der Waals surface area contributed by atoms with Crippen LogP contribution in [-0.4, -0.2) is 32.7 Å². The van der Waals surface area contributed by atoms with Crippen LogP contribution in [0, 0.1) is 12.3 Å². The van der Waals surface area contributed by atoms with Crippen LogP contribution >= 0.6 is 11.6 Å². The molecule has 1 heterocycles. The SMILES string of the molecule is Cc1ccc(Cl)c(NC(=O)C(C(=O)C(C)(C)C)n2nnc3cc(C(=O)Oc4ccccc4)ccc32)c1. The van der Waals surface area contributed by atoms with Crippen molar-refractivity contribution in [1.82, 2.24) is 15.0 Å². The Labute approximate surface area is 213 Å². The Hall–Kier alpha value is -4.04. The number of ether oxygens (including phenoxy) is 1. The molecule has 0 bridgehead atoms. The quantitative estimate of drug-likeness (QED) is 0.214. The van der Waals surface area contributed by atoms with Crippen molar-refractivity contribution in [3.05, 3.63) is 82.9 Å². The van der Waals surface area contributed by atoms with E-state index in [4.69, 9.17) is 16.3 Å². The van der Waals surface area contributed by atoms with Gasteiger partial charge in [0.2, 0.25) is 0 Å². The molecule has 184 valence electrons. The fourth-order valence-corrected chi connectivity index (χ4v) is 3.77. The molecule has 9 heteroatoms. The van der Waals surface area contributed by atoms with Gasteiger partial charge in [-0.15, -0.1) is 5.10 Å². The molecule has 0 spiro atoms. The van der Waals surface area contributed by atoms with E-state index in [1.165, 1.54) is 10.7 Å². The molecule has 0 aliphatic rings. The van der Waals surface area contributed by atoms with Gasteiger partial charge in [-0.05, 0) is 55.0 Å².